The Balaban J connectivity index is 1.65. The van der Waals surface area contributed by atoms with Crippen LogP contribution in [0.5, 0.6) is 11.5 Å². The molecule has 1 aliphatic heterocycles. The highest BCUT2D eigenvalue weighted by Crippen LogP contribution is 2.25. The summed E-state index contributed by atoms with van der Waals surface area (Å²) >= 11 is 0. The van der Waals surface area contributed by atoms with Crippen molar-refractivity contribution in [2.24, 2.45) is 0 Å². The Bertz CT molecular complexity index is 787. The van der Waals surface area contributed by atoms with Crippen molar-refractivity contribution in [1.82, 2.24) is 26.6 Å². The average molecular weight is 428 g/mol. The first-order valence-electron chi connectivity index (χ1n) is 11.2. The SMILES string of the molecule is Cc1cc2c(O)c(c1)CNCCNCc1cc(C)cc(c1O)CNCCNCCNC2. The number of rotatable bonds is 0. The van der Waals surface area contributed by atoms with E-state index in [0.29, 0.717) is 37.7 Å². The maximum Gasteiger partial charge on any atom is 0.124 e. The molecule has 0 aromatic heterocycles. The van der Waals surface area contributed by atoms with Crippen LogP contribution in [0.25, 0.3) is 0 Å². The monoisotopic (exact) mass is 427 g/mol. The Morgan fingerprint density at radius 3 is 1.03 bits per heavy atom. The summed E-state index contributed by atoms with van der Waals surface area (Å²) in [5.74, 6) is 0.748. The second kappa shape index (κ2) is 12.0. The quantitative estimate of drug-likeness (QED) is 0.341. The van der Waals surface area contributed by atoms with Crippen LogP contribution in [0.2, 0.25) is 0 Å². The van der Waals surface area contributed by atoms with Crippen LogP contribution in [0.1, 0.15) is 33.4 Å². The molecule has 31 heavy (non-hydrogen) atoms. The van der Waals surface area contributed by atoms with Crippen molar-refractivity contribution in [1.29, 1.82) is 0 Å². The summed E-state index contributed by atoms with van der Waals surface area (Å²) in [5, 5.41) is 38.3. The number of benzene rings is 2. The molecule has 0 amide bonds. The molecule has 2 aromatic carbocycles. The maximum absolute atomic E-state index is 10.7. The van der Waals surface area contributed by atoms with E-state index in [4.69, 9.17) is 0 Å². The van der Waals surface area contributed by atoms with Crippen LogP contribution in [0.15, 0.2) is 24.3 Å². The number of nitrogens with one attached hydrogen (secondary N) is 5. The summed E-state index contributed by atoms with van der Waals surface area (Å²) in [6.45, 7) is 11.6. The largest absolute Gasteiger partial charge is 0.507 e. The van der Waals surface area contributed by atoms with Gasteiger partial charge in [-0.05, 0) is 13.8 Å². The Morgan fingerprint density at radius 1 is 0.484 bits per heavy atom. The van der Waals surface area contributed by atoms with Gasteiger partial charge in [0.25, 0.3) is 0 Å². The number of aromatic hydroxyl groups is 2. The van der Waals surface area contributed by atoms with Crippen LogP contribution < -0.4 is 26.6 Å². The number of phenols is 2. The highest BCUT2D eigenvalue weighted by Gasteiger charge is 2.10. The topological polar surface area (TPSA) is 101 Å². The number of fused-ring (bicyclic) bond motifs is 4. The molecule has 7 nitrogen and oxygen atoms in total. The lowest BCUT2D eigenvalue weighted by Gasteiger charge is -2.14. The van der Waals surface area contributed by atoms with Crippen LogP contribution >= 0.6 is 0 Å². The second-order valence-electron chi connectivity index (χ2n) is 8.32. The van der Waals surface area contributed by atoms with Crippen LogP contribution in [-0.2, 0) is 26.2 Å². The van der Waals surface area contributed by atoms with Gasteiger partial charge in [-0.1, -0.05) is 35.4 Å². The lowest BCUT2D eigenvalue weighted by molar-refractivity contribution is 0.451. The predicted octanol–water partition coefficient (Wildman–Crippen LogP) is 1.38. The van der Waals surface area contributed by atoms with Crippen molar-refractivity contribution < 1.29 is 10.2 Å². The Labute approximate surface area is 185 Å². The molecule has 0 saturated heterocycles. The van der Waals surface area contributed by atoms with E-state index in [9.17, 15) is 10.2 Å². The third-order valence-electron chi connectivity index (χ3n) is 5.52. The van der Waals surface area contributed by atoms with Gasteiger partial charge in [-0.25, -0.2) is 0 Å². The van der Waals surface area contributed by atoms with Gasteiger partial charge in [0.2, 0.25) is 0 Å². The van der Waals surface area contributed by atoms with Crippen LogP contribution in [0.3, 0.4) is 0 Å². The first kappa shape index (κ1) is 23.5. The van der Waals surface area contributed by atoms with Crippen molar-refractivity contribution in [3.8, 4) is 11.5 Å². The Hall–Kier alpha value is -2.16. The van der Waals surface area contributed by atoms with Gasteiger partial charge < -0.3 is 36.8 Å². The third kappa shape index (κ3) is 7.19. The summed E-state index contributed by atoms with van der Waals surface area (Å²) in [7, 11) is 0. The first-order valence-corrected chi connectivity index (χ1v) is 11.2. The zero-order valence-electron chi connectivity index (χ0n) is 18.8. The van der Waals surface area contributed by atoms with Gasteiger partial charge in [0.05, 0.1) is 0 Å². The fourth-order valence-electron chi connectivity index (χ4n) is 3.96. The fraction of sp³-hybridized carbons (Fsp3) is 0.500. The normalized spacial score (nSPS) is 17.6. The summed E-state index contributed by atoms with van der Waals surface area (Å²) in [5.41, 5.74) is 6.02. The maximum atomic E-state index is 10.7. The molecule has 0 aliphatic carbocycles. The summed E-state index contributed by atoms with van der Waals surface area (Å²) in [6, 6.07) is 8.16. The summed E-state index contributed by atoms with van der Waals surface area (Å²) in [4.78, 5) is 0. The molecule has 2 aromatic rings. The molecule has 0 radical (unpaired) electrons. The average Bonchev–Trinajstić information content (AvgIpc) is 2.74. The van der Waals surface area contributed by atoms with E-state index < -0.39 is 0 Å². The highest BCUT2D eigenvalue weighted by atomic mass is 16.3. The molecular weight excluding hydrogens is 390 g/mol. The molecule has 0 saturated carbocycles. The number of hydrogen-bond donors (Lipinski definition) is 7. The molecule has 0 atom stereocenters. The molecule has 0 spiro atoms. The van der Waals surface area contributed by atoms with Crippen molar-refractivity contribution in [2.45, 2.75) is 40.0 Å². The fourth-order valence-corrected chi connectivity index (χ4v) is 3.96. The van der Waals surface area contributed by atoms with Crippen molar-refractivity contribution in [2.75, 3.05) is 39.3 Å². The van der Waals surface area contributed by atoms with Crippen molar-refractivity contribution >= 4 is 0 Å². The van der Waals surface area contributed by atoms with E-state index in [0.717, 1.165) is 72.6 Å². The minimum Gasteiger partial charge on any atom is -0.507 e. The minimum atomic E-state index is 0.374. The molecule has 7 N–H and O–H groups in total. The van der Waals surface area contributed by atoms with E-state index in [1.54, 1.807) is 0 Å². The smallest absolute Gasteiger partial charge is 0.124 e. The molecule has 3 rings (SSSR count). The molecule has 1 heterocycles. The molecule has 0 fully saturated rings. The van der Waals surface area contributed by atoms with Crippen LogP contribution in [-0.4, -0.2) is 49.5 Å². The zero-order valence-corrected chi connectivity index (χ0v) is 18.8. The Morgan fingerprint density at radius 2 is 0.742 bits per heavy atom. The van der Waals surface area contributed by atoms with E-state index in [-0.39, 0.29) is 0 Å². The molecule has 0 unspecified atom stereocenters. The van der Waals surface area contributed by atoms with Crippen LogP contribution in [0, 0.1) is 13.8 Å². The summed E-state index contributed by atoms with van der Waals surface area (Å²) in [6.07, 6.45) is 0. The lowest BCUT2D eigenvalue weighted by Crippen LogP contribution is -2.32. The minimum absolute atomic E-state index is 0.374. The molecule has 1 aliphatic rings. The predicted molar refractivity (Wildman–Crippen MR) is 125 cm³/mol. The molecular formula is C24H37N5O2. The number of hydrogen-bond acceptors (Lipinski definition) is 7. The van der Waals surface area contributed by atoms with Gasteiger partial charge in [-0.3, -0.25) is 0 Å². The van der Waals surface area contributed by atoms with E-state index >= 15 is 0 Å². The third-order valence-corrected chi connectivity index (χ3v) is 5.52. The van der Waals surface area contributed by atoms with Crippen molar-refractivity contribution in [3.63, 3.8) is 0 Å². The van der Waals surface area contributed by atoms with E-state index in [2.05, 4.69) is 40.4 Å². The van der Waals surface area contributed by atoms with E-state index in [1.807, 2.05) is 24.3 Å². The van der Waals surface area contributed by atoms with E-state index in [1.165, 1.54) is 0 Å². The Kier molecular flexibility index (Phi) is 9.12. The van der Waals surface area contributed by atoms with Crippen LogP contribution in [0.4, 0.5) is 0 Å². The van der Waals surface area contributed by atoms with Gasteiger partial charge in [0.15, 0.2) is 0 Å². The standard InChI is InChI=1S/C24H37N5O2/c1-17-9-19-13-26-5-3-25-4-6-27-14-20-10-18(2)12-22(24(20)31)16-29-8-7-28-15-21(11-17)23(19)30/h9-12,25-31H,3-8,13-16H2,1-2H3. The highest BCUT2D eigenvalue weighted by molar-refractivity contribution is 5.44. The first-order chi connectivity index (χ1) is 15.0. The van der Waals surface area contributed by atoms with Gasteiger partial charge in [-0.15, -0.1) is 0 Å². The van der Waals surface area contributed by atoms with Gasteiger partial charge in [0.1, 0.15) is 11.5 Å². The van der Waals surface area contributed by atoms with Crippen molar-refractivity contribution in [3.05, 3.63) is 57.6 Å². The lowest BCUT2D eigenvalue weighted by atomic mass is 10.0. The van der Waals surface area contributed by atoms with Gasteiger partial charge in [0, 0.05) is 87.7 Å². The molecule has 7 heteroatoms. The number of aryl methyl sites for hydroxylation is 2. The van der Waals surface area contributed by atoms with Gasteiger partial charge in [-0.2, -0.15) is 0 Å². The summed E-state index contributed by atoms with van der Waals surface area (Å²) < 4.78 is 0. The molecule has 170 valence electrons. The number of phenolic OH excluding ortho intramolecular Hbond substituents is 2. The molecule has 4 bridgehead atoms. The second-order valence-corrected chi connectivity index (χ2v) is 8.32. The zero-order chi connectivity index (χ0) is 22.1. The van der Waals surface area contributed by atoms with Gasteiger partial charge >= 0.3 is 0 Å².